The van der Waals surface area contributed by atoms with E-state index in [1.54, 1.807) is 18.7 Å². The molecule has 4 heteroatoms. The first-order valence-electron chi connectivity index (χ1n) is 4.48. The minimum atomic E-state index is -0.701. The van der Waals surface area contributed by atoms with Crippen molar-refractivity contribution in [1.82, 2.24) is 0 Å². The maximum absolute atomic E-state index is 8.71. The predicted molar refractivity (Wildman–Crippen MR) is 54.5 cm³/mol. The molecule has 0 aromatic rings. The van der Waals surface area contributed by atoms with E-state index in [1.165, 1.54) is 0 Å². The lowest BCUT2D eigenvalue weighted by atomic mass is 10.1. The SMILES string of the molecule is CC1OCCC1SCC(C)(N)C#N. The summed E-state index contributed by atoms with van der Waals surface area (Å²) in [7, 11) is 0. The van der Waals surface area contributed by atoms with Crippen molar-refractivity contribution in [3.8, 4) is 6.07 Å². The van der Waals surface area contributed by atoms with Gasteiger partial charge in [0.1, 0.15) is 5.54 Å². The van der Waals surface area contributed by atoms with E-state index in [1.807, 2.05) is 0 Å². The molecule has 1 rings (SSSR count). The van der Waals surface area contributed by atoms with Crippen molar-refractivity contribution >= 4 is 11.8 Å². The number of nitriles is 1. The molecule has 1 aliphatic rings. The number of hydrogen-bond donors (Lipinski definition) is 1. The highest BCUT2D eigenvalue weighted by Gasteiger charge is 2.27. The lowest BCUT2D eigenvalue weighted by Crippen LogP contribution is -2.38. The Bertz CT molecular complexity index is 212. The Morgan fingerprint density at radius 1 is 1.77 bits per heavy atom. The van der Waals surface area contributed by atoms with Gasteiger partial charge in [-0.25, -0.2) is 0 Å². The molecule has 0 amide bonds. The van der Waals surface area contributed by atoms with Crippen molar-refractivity contribution in [2.75, 3.05) is 12.4 Å². The van der Waals surface area contributed by atoms with Crippen LogP contribution in [-0.2, 0) is 4.74 Å². The van der Waals surface area contributed by atoms with Crippen molar-refractivity contribution in [2.24, 2.45) is 5.73 Å². The van der Waals surface area contributed by atoms with Crippen LogP contribution in [0.25, 0.3) is 0 Å². The van der Waals surface area contributed by atoms with Crippen molar-refractivity contribution < 1.29 is 4.74 Å². The van der Waals surface area contributed by atoms with Gasteiger partial charge in [0.05, 0.1) is 12.2 Å². The molecule has 1 saturated heterocycles. The number of hydrogen-bond acceptors (Lipinski definition) is 4. The molecule has 1 heterocycles. The second kappa shape index (κ2) is 4.32. The van der Waals surface area contributed by atoms with Crippen molar-refractivity contribution in [2.45, 2.75) is 37.2 Å². The molecule has 0 bridgehead atoms. The van der Waals surface area contributed by atoms with Gasteiger partial charge in [-0.15, -0.1) is 0 Å². The molecule has 3 unspecified atom stereocenters. The first kappa shape index (κ1) is 10.8. The van der Waals surface area contributed by atoms with Crippen LogP contribution in [0.4, 0.5) is 0 Å². The van der Waals surface area contributed by atoms with Gasteiger partial charge in [-0.05, 0) is 20.3 Å². The monoisotopic (exact) mass is 200 g/mol. The predicted octanol–water partition coefficient (Wildman–Crippen LogP) is 1.14. The summed E-state index contributed by atoms with van der Waals surface area (Å²) in [5.74, 6) is 0.682. The Balaban J connectivity index is 2.30. The molecule has 3 atom stereocenters. The molecular formula is C9H16N2OS. The molecule has 0 radical (unpaired) electrons. The molecule has 74 valence electrons. The van der Waals surface area contributed by atoms with Gasteiger partial charge >= 0.3 is 0 Å². The maximum atomic E-state index is 8.71. The van der Waals surface area contributed by atoms with Crippen LogP contribution in [0.2, 0.25) is 0 Å². The van der Waals surface area contributed by atoms with Gasteiger partial charge in [-0.3, -0.25) is 0 Å². The number of nitrogens with zero attached hydrogens (tertiary/aromatic N) is 1. The van der Waals surface area contributed by atoms with E-state index in [9.17, 15) is 0 Å². The molecule has 1 fully saturated rings. The number of thioether (sulfide) groups is 1. The molecule has 0 aliphatic carbocycles. The van der Waals surface area contributed by atoms with E-state index in [0.29, 0.717) is 17.1 Å². The topological polar surface area (TPSA) is 59.0 Å². The largest absolute Gasteiger partial charge is 0.377 e. The smallest absolute Gasteiger partial charge is 0.110 e. The quantitative estimate of drug-likeness (QED) is 0.742. The molecule has 0 saturated carbocycles. The zero-order chi connectivity index (χ0) is 9.90. The highest BCUT2D eigenvalue weighted by molar-refractivity contribution is 8.00. The van der Waals surface area contributed by atoms with Gasteiger partial charge in [0.15, 0.2) is 0 Å². The molecule has 3 nitrogen and oxygen atoms in total. The second-order valence-electron chi connectivity index (χ2n) is 3.74. The Hall–Kier alpha value is -0.240. The molecule has 0 aromatic carbocycles. The molecule has 13 heavy (non-hydrogen) atoms. The van der Waals surface area contributed by atoms with Crippen molar-refractivity contribution in [3.63, 3.8) is 0 Å². The van der Waals surface area contributed by atoms with Crippen LogP contribution in [-0.4, -0.2) is 29.3 Å². The molecular weight excluding hydrogens is 184 g/mol. The van der Waals surface area contributed by atoms with E-state index in [2.05, 4.69) is 13.0 Å². The van der Waals surface area contributed by atoms with Crippen LogP contribution in [0.3, 0.4) is 0 Å². The Kier molecular flexibility index (Phi) is 3.60. The normalized spacial score (nSPS) is 32.5. The van der Waals surface area contributed by atoms with Crippen LogP contribution >= 0.6 is 11.8 Å². The lowest BCUT2D eigenvalue weighted by Gasteiger charge is -2.19. The Morgan fingerprint density at radius 3 is 2.92 bits per heavy atom. The summed E-state index contributed by atoms with van der Waals surface area (Å²) in [6.07, 6.45) is 1.38. The third kappa shape index (κ3) is 3.18. The average Bonchev–Trinajstić information content (AvgIpc) is 2.48. The summed E-state index contributed by atoms with van der Waals surface area (Å²) in [5, 5.41) is 9.22. The third-order valence-corrected chi connectivity index (χ3v) is 3.97. The van der Waals surface area contributed by atoms with Crippen LogP contribution in [0.5, 0.6) is 0 Å². The summed E-state index contributed by atoms with van der Waals surface area (Å²) < 4.78 is 5.42. The summed E-state index contributed by atoms with van der Waals surface area (Å²) in [5.41, 5.74) is 5.02. The molecule has 0 spiro atoms. The lowest BCUT2D eigenvalue weighted by molar-refractivity contribution is 0.127. The first-order chi connectivity index (χ1) is 6.05. The van der Waals surface area contributed by atoms with E-state index in [-0.39, 0.29) is 0 Å². The van der Waals surface area contributed by atoms with E-state index in [0.717, 1.165) is 13.0 Å². The maximum Gasteiger partial charge on any atom is 0.110 e. The third-order valence-electron chi connectivity index (χ3n) is 2.16. The second-order valence-corrected chi connectivity index (χ2v) is 4.97. The van der Waals surface area contributed by atoms with Gasteiger partial charge < -0.3 is 10.5 Å². The highest BCUT2D eigenvalue weighted by Crippen LogP contribution is 2.27. The highest BCUT2D eigenvalue weighted by atomic mass is 32.2. The van der Waals surface area contributed by atoms with Crippen LogP contribution in [0, 0.1) is 11.3 Å². The summed E-state index contributed by atoms with van der Waals surface area (Å²) in [6.45, 7) is 4.68. The fourth-order valence-corrected chi connectivity index (χ4v) is 2.48. The standard InChI is InChI=1S/C9H16N2OS/c1-7-8(3-4-12-7)13-6-9(2,11)5-10/h7-8H,3-4,6,11H2,1-2H3. The van der Waals surface area contributed by atoms with E-state index in [4.69, 9.17) is 15.7 Å². The Labute approximate surface area is 83.6 Å². The number of rotatable bonds is 3. The average molecular weight is 200 g/mol. The van der Waals surface area contributed by atoms with Crippen molar-refractivity contribution in [1.29, 1.82) is 5.26 Å². The van der Waals surface area contributed by atoms with Crippen LogP contribution in [0.1, 0.15) is 20.3 Å². The summed E-state index contributed by atoms with van der Waals surface area (Å²) in [6, 6.07) is 2.10. The first-order valence-corrected chi connectivity index (χ1v) is 5.53. The molecule has 0 aromatic heterocycles. The van der Waals surface area contributed by atoms with Gasteiger partial charge in [-0.1, -0.05) is 0 Å². The van der Waals surface area contributed by atoms with Crippen LogP contribution < -0.4 is 5.73 Å². The summed E-state index contributed by atoms with van der Waals surface area (Å²) >= 11 is 1.75. The minimum Gasteiger partial charge on any atom is -0.377 e. The van der Waals surface area contributed by atoms with Gasteiger partial charge in [0.2, 0.25) is 0 Å². The zero-order valence-electron chi connectivity index (χ0n) is 8.12. The van der Waals surface area contributed by atoms with Gasteiger partial charge in [0, 0.05) is 17.6 Å². The van der Waals surface area contributed by atoms with Gasteiger partial charge in [0.25, 0.3) is 0 Å². The van der Waals surface area contributed by atoms with Crippen molar-refractivity contribution in [3.05, 3.63) is 0 Å². The fourth-order valence-electron chi connectivity index (χ4n) is 1.24. The molecule has 1 aliphatic heterocycles. The zero-order valence-corrected chi connectivity index (χ0v) is 8.93. The van der Waals surface area contributed by atoms with E-state index >= 15 is 0 Å². The Morgan fingerprint density at radius 2 is 2.46 bits per heavy atom. The summed E-state index contributed by atoms with van der Waals surface area (Å²) in [4.78, 5) is 0. The molecule has 2 N–H and O–H groups in total. The fraction of sp³-hybridized carbons (Fsp3) is 0.889. The van der Waals surface area contributed by atoms with E-state index < -0.39 is 5.54 Å². The number of ether oxygens (including phenoxy) is 1. The van der Waals surface area contributed by atoms with Crippen LogP contribution in [0.15, 0.2) is 0 Å². The number of nitrogens with two attached hydrogens (primary N) is 1. The minimum absolute atomic E-state index is 0.305. The van der Waals surface area contributed by atoms with Gasteiger partial charge in [-0.2, -0.15) is 17.0 Å².